The average molecular weight is 189 g/mol. The molecular formula is C12H15NO. The van der Waals surface area contributed by atoms with Gasteiger partial charge in [0.25, 0.3) is 0 Å². The van der Waals surface area contributed by atoms with Crippen molar-refractivity contribution < 1.29 is 5.11 Å². The third kappa shape index (κ3) is 2.12. The molecular weight excluding hydrogens is 174 g/mol. The van der Waals surface area contributed by atoms with E-state index in [4.69, 9.17) is 6.57 Å². The van der Waals surface area contributed by atoms with Gasteiger partial charge in [0.05, 0.1) is 0 Å². The van der Waals surface area contributed by atoms with Crippen LogP contribution in [0.1, 0.15) is 29.7 Å². The highest BCUT2D eigenvalue weighted by atomic mass is 16.3. The lowest BCUT2D eigenvalue weighted by Crippen LogP contribution is -2.06. The molecule has 0 aliphatic carbocycles. The van der Waals surface area contributed by atoms with Crippen LogP contribution >= 0.6 is 0 Å². The van der Waals surface area contributed by atoms with Crippen molar-refractivity contribution in [3.63, 3.8) is 0 Å². The smallest absolute Gasteiger partial charge is 0.244 e. The summed E-state index contributed by atoms with van der Waals surface area (Å²) in [4.78, 5) is 3.23. The van der Waals surface area contributed by atoms with Gasteiger partial charge in [-0.25, -0.2) is 6.57 Å². The van der Waals surface area contributed by atoms with E-state index >= 15 is 0 Å². The van der Waals surface area contributed by atoms with Crippen molar-refractivity contribution in [2.24, 2.45) is 0 Å². The van der Waals surface area contributed by atoms with E-state index in [1.807, 2.05) is 25.1 Å². The van der Waals surface area contributed by atoms with Crippen LogP contribution < -0.4 is 0 Å². The molecule has 0 aliphatic rings. The van der Waals surface area contributed by atoms with Gasteiger partial charge in [-0.3, -0.25) is 0 Å². The number of aliphatic hydroxyl groups excluding tert-OH is 1. The van der Waals surface area contributed by atoms with Crippen molar-refractivity contribution in [1.29, 1.82) is 0 Å². The zero-order chi connectivity index (χ0) is 10.6. The fourth-order valence-electron chi connectivity index (χ4n) is 1.70. The molecule has 0 saturated carbocycles. The Hall–Kier alpha value is -1.33. The molecule has 0 heterocycles. The van der Waals surface area contributed by atoms with E-state index < -0.39 is 6.10 Å². The van der Waals surface area contributed by atoms with E-state index in [-0.39, 0.29) is 6.54 Å². The summed E-state index contributed by atoms with van der Waals surface area (Å²) in [6, 6.07) is 5.97. The van der Waals surface area contributed by atoms with Crippen molar-refractivity contribution in [2.75, 3.05) is 6.54 Å². The molecule has 2 nitrogen and oxygen atoms in total. The van der Waals surface area contributed by atoms with E-state index in [9.17, 15) is 5.11 Å². The Bertz CT molecular complexity index is 352. The topological polar surface area (TPSA) is 24.6 Å². The zero-order valence-electron chi connectivity index (χ0n) is 8.62. The third-order valence-electron chi connectivity index (χ3n) is 2.39. The first-order valence-electron chi connectivity index (χ1n) is 4.80. The van der Waals surface area contributed by atoms with Crippen molar-refractivity contribution in [3.8, 4) is 0 Å². The van der Waals surface area contributed by atoms with Gasteiger partial charge in [-0.05, 0) is 30.0 Å². The molecule has 1 aromatic rings. The first-order valence-corrected chi connectivity index (χ1v) is 4.80. The van der Waals surface area contributed by atoms with Gasteiger partial charge < -0.3 is 9.95 Å². The SMILES string of the molecule is [C-]#[N+]CC(O)c1c(C)cccc1CC. The Morgan fingerprint density at radius 3 is 2.79 bits per heavy atom. The standard InChI is InChI=1S/C12H15NO/c1-4-10-7-5-6-9(2)12(10)11(14)8-13-3/h5-7,11,14H,4,8H2,1-2H3. The van der Waals surface area contributed by atoms with Crippen LogP contribution in [0.25, 0.3) is 4.85 Å². The van der Waals surface area contributed by atoms with Crippen LogP contribution in [0.4, 0.5) is 0 Å². The summed E-state index contributed by atoms with van der Waals surface area (Å²) < 4.78 is 0. The normalized spacial score (nSPS) is 12.1. The molecule has 1 rings (SSSR count). The molecule has 1 N–H and O–H groups in total. The highest BCUT2D eigenvalue weighted by Gasteiger charge is 2.15. The molecule has 14 heavy (non-hydrogen) atoms. The summed E-state index contributed by atoms with van der Waals surface area (Å²) in [6.07, 6.45) is 0.259. The Kier molecular flexibility index (Phi) is 3.67. The molecule has 0 amide bonds. The predicted octanol–water partition coefficient (Wildman–Crippen LogP) is 2.51. The number of aliphatic hydroxyl groups is 1. The molecule has 1 atom stereocenters. The van der Waals surface area contributed by atoms with E-state index in [2.05, 4.69) is 11.8 Å². The van der Waals surface area contributed by atoms with Gasteiger partial charge in [-0.15, -0.1) is 0 Å². The van der Waals surface area contributed by atoms with Crippen molar-refractivity contribution in [1.82, 2.24) is 0 Å². The summed E-state index contributed by atoms with van der Waals surface area (Å²) in [6.45, 7) is 10.9. The largest absolute Gasteiger partial charge is 0.381 e. The first-order chi connectivity index (χ1) is 6.70. The second-order valence-electron chi connectivity index (χ2n) is 3.36. The van der Waals surface area contributed by atoms with E-state index in [0.717, 1.165) is 23.1 Å². The van der Waals surface area contributed by atoms with Crippen molar-refractivity contribution in [2.45, 2.75) is 26.4 Å². The highest BCUT2D eigenvalue weighted by Crippen LogP contribution is 2.22. The third-order valence-corrected chi connectivity index (χ3v) is 2.39. The van der Waals surface area contributed by atoms with Gasteiger partial charge in [0, 0.05) is 0 Å². The van der Waals surface area contributed by atoms with Crippen LogP contribution in [0.3, 0.4) is 0 Å². The van der Waals surface area contributed by atoms with Gasteiger partial charge in [0.2, 0.25) is 6.54 Å². The lowest BCUT2D eigenvalue weighted by Gasteiger charge is -2.13. The van der Waals surface area contributed by atoms with Gasteiger partial charge in [-0.2, -0.15) is 0 Å². The van der Waals surface area contributed by atoms with Crippen molar-refractivity contribution >= 4 is 0 Å². The monoisotopic (exact) mass is 189 g/mol. The fourth-order valence-corrected chi connectivity index (χ4v) is 1.70. The lowest BCUT2D eigenvalue weighted by atomic mass is 9.95. The molecule has 2 heteroatoms. The van der Waals surface area contributed by atoms with Crippen LogP contribution in [0, 0.1) is 13.5 Å². The second-order valence-corrected chi connectivity index (χ2v) is 3.36. The van der Waals surface area contributed by atoms with Crippen LogP contribution in [0.2, 0.25) is 0 Å². The molecule has 1 aromatic carbocycles. The number of aryl methyl sites for hydroxylation is 2. The fraction of sp³-hybridized carbons (Fsp3) is 0.417. The molecule has 0 aliphatic heterocycles. The number of hydrogen-bond acceptors (Lipinski definition) is 1. The number of nitrogens with zero attached hydrogens (tertiary/aromatic N) is 1. The van der Waals surface area contributed by atoms with Crippen LogP contribution in [0.5, 0.6) is 0 Å². The van der Waals surface area contributed by atoms with Gasteiger partial charge >= 0.3 is 0 Å². The summed E-state index contributed by atoms with van der Waals surface area (Å²) in [5, 5.41) is 9.80. The predicted molar refractivity (Wildman–Crippen MR) is 57.0 cm³/mol. The number of hydrogen-bond donors (Lipinski definition) is 1. The summed E-state index contributed by atoms with van der Waals surface area (Å²) >= 11 is 0. The van der Waals surface area contributed by atoms with E-state index in [1.165, 1.54) is 0 Å². The zero-order valence-corrected chi connectivity index (χ0v) is 8.62. The molecule has 0 radical (unpaired) electrons. The van der Waals surface area contributed by atoms with E-state index in [0.29, 0.717) is 0 Å². The van der Waals surface area contributed by atoms with Gasteiger partial charge in [0.1, 0.15) is 0 Å². The summed E-state index contributed by atoms with van der Waals surface area (Å²) in [7, 11) is 0. The maximum absolute atomic E-state index is 9.80. The Morgan fingerprint density at radius 1 is 1.50 bits per heavy atom. The maximum atomic E-state index is 9.80. The Morgan fingerprint density at radius 2 is 2.21 bits per heavy atom. The van der Waals surface area contributed by atoms with E-state index in [1.54, 1.807) is 0 Å². The molecule has 74 valence electrons. The minimum absolute atomic E-state index is 0.151. The quantitative estimate of drug-likeness (QED) is 0.726. The molecule has 1 unspecified atom stereocenters. The van der Waals surface area contributed by atoms with Gasteiger partial charge in [0.15, 0.2) is 6.10 Å². The van der Waals surface area contributed by atoms with Crippen LogP contribution in [-0.4, -0.2) is 11.7 Å². The Labute approximate surface area is 85.0 Å². The summed E-state index contributed by atoms with van der Waals surface area (Å²) in [5.41, 5.74) is 3.15. The number of rotatable bonds is 3. The molecule has 0 aromatic heterocycles. The summed E-state index contributed by atoms with van der Waals surface area (Å²) in [5.74, 6) is 0. The lowest BCUT2D eigenvalue weighted by molar-refractivity contribution is 0.193. The maximum Gasteiger partial charge on any atom is 0.244 e. The minimum Gasteiger partial charge on any atom is -0.381 e. The van der Waals surface area contributed by atoms with Crippen LogP contribution in [-0.2, 0) is 6.42 Å². The first kappa shape index (κ1) is 10.7. The van der Waals surface area contributed by atoms with Crippen LogP contribution in [0.15, 0.2) is 18.2 Å². The molecule has 0 saturated heterocycles. The Balaban J connectivity index is 3.11. The van der Waals surface area contributed by atoms with Crippen molar-refractivity contribution in [3.05, 3.63) is 46.3 Å². The highest BCUT2D eigenvalue weighted by molar-refractivity contribution is 5.36. The van der Waals surface area contributed by atoms with Gasteiger partial charge in [-0.1, -0.05) is 25.1 Å². The molecule has 0 fully saturated rings. The minimum atomic E-state index is -0.636. The molecule has 0 bridgehead atoms. The average Bonchev–Trinajstić information content (AvgIpc) is 2.17. The second kappa shape index (κ2) is 4.78. The molecule has 0 spiro atoms. The number of benzene rings is 1.